The lowest BCUT2D eigenvalue weighted by Gasteiger charge is -2.06. The van der Waals surface area contributed by atoms with Gasteiger partial charge in [0.05, 0.1) is 5.69 Å². The third kappa shape index (κ3) is 2.59. The van der Waals surface area contributed by atoms with Crippen LogP contribution >= 0.6 is 0 Å². The van der Waals surface area contributed by atoms with Crippen molar-refractivity contribution in [3.8, 4) is 5.75 Å². The van der Waals surface area contributed by atoms with Crippen molar-refractivity contribution in [2.75, 3.05) is 0 Å². The minimum atomic E-state index is 0.253. The van der Waals surface area contributed by atoms with Crippen molar-refractivity contribution in [1.29, 1.82) is 0 Å². The average molecular weight is 239 g/mol. The average Bonchev–Trinajstić information content (AvgIpc) is 2.30. The Morgan fingerprint density at radius 2 is 1.61 bits per heavy atom. The molecule has 0 atom stereocenters. The summed E-state index contributed by atoms with van der Waals surface area (Å²) in [5.74, 6) is 0.253. The molecule has 2 heteroatoms. The van der Waals surface area contributed by atoms with Gasteiger partial charge in [-0.2, -0.15) is 0 Å². The number of aryl methyl sites for hydroxylation is 3. The summed E-state index contributed by atoms with van der Waals surface area (Å²) in [6, 6.07) is 11.4. The zero-order chi connectivity index (χ0) is 13.1. The largest absolute Gasteiger partial charge is 0.507 e. The van der Waals surface area contributed by atoms with E-state index in [0.717, 1.165) is 22.4 Å². The van der Waals surface area contributed by atoms with E-state index in [1.165, 1.54) is 5.56 Å². The van der Waals surface area contributed by atoms with Crippen molar-refractivity contribution < 1.29 is 5.11 Å². The van der Waals surface area contributed by atoms with Gasteiger partial charge in [0.2, 0.25) is 0 Å². The Bertz CT molecular complexity index is 577. The van der Waals surface area contributed by atoms with Gasteiger partial charge >= 0.3 is 0 Å². The normalized spacial score (nSPS) is 11.1. The molecule has 0 aliphatic carbocycles. The van der Waals surface area contributed by atoms with Crippen LogP contribution in [0.15, 0.2) is 41.4 Å². The van der Waals surface area contributed by atoms with Gasteiger partial charge < -0.3 is 5.11 Å². The first-order chi connectivity index (χ1) is 8.58. The highest BCUT2D eigenvalue weighted by atomic mass is 16.3. The second kappa shape index (κ2) is 5.05. The summed E-state index contributed by atoms with van der Waals surface area (Å²) in [5, 5.41) is 9.68. The van der Waals surface area contributed by atoms with Crippen molar-refractivity contribution >= 4 is 11.9 Å². The Balaban J connectivity index is 2.38. The van der Waals surface area contributed by atoms with Gasteiger partial charge in [-0.05, 0) is 44.0 Å². The highest BCUT2D eigenvalue weighted by molar-refractivity contribution is 5.85. The maximum absolute atomic E-state index is 9.68. The van der Waals surface area contributed by atoms with Gasteiger partial charge in [-0.1, -0.05) is 29.8 Å². The minimum Gasteiger partial charge on any atom is -0.507 e. The van der Waals surface area contributed by atoms with E-state index in [1.807, 2.05) is 12.1 Å². The lowest BCUT2D eigenvalue weighted by atomic mass is 10.1. The number of aromatic hydroxyl groups is 1. The van der Waals surface area contributed by atoms with Gasteiger partial charge in [0.15, 0.2) is 0 Å². The molecule has 0 amide bonds. The first-order valence-electron chi connectivity index (χ1n) is 5.98. The van der Waals surface area contributed by atoms with Crippen LogP contribution in [0.3, 0.4) is 0 Å². The molecule has 0 spiro atoms. The van der Waals surface area contributed by atoms with E-state index in [4.69, 9.17) is 0 Å². The second-order valence-corrected chi connectivity index (χ2v) is 4.56. The maximum Gasteiger partial charge on any atom is 0.124 e. The third-order valence-corrected chi connectivity index (χ3v) is 2.90. The van der Waals surface area contributed by atoms with Crippen LogP contribution in [-0.2, 0) is 0 Å². The molecule has 0 unspecified atom stereocenters. The van der Waals surface area contributed by atoms with E-state index in [9.17, 15) is 5.11 Å². The molecule has 0 saturated carbocycles. The number of hydrogen-bond donors (Lipinski definition) is 1. The highest BCUT2D eigenvalue weighted by Gasteiger charge is 2.02. The van der Waals surface area contributed by atoms with E-state index < -0.39 is 0 Å². The van der Waals surface area contributed by atoms with Crippen LogP contribution in [0.2, 0.25) is 0 Å². The summed E-state index contributed by atoms with van der Waals surface area (Å²) >= 11 is 0. The van der Waals surface area contributed by atoms with Gasteiger partial charge in [0.25, 0.3) is 0 Å². The van der Waals surface area contributed by atoms with Crippen molar-refractivity contribution in [2.45, 2.75) is 20.8 Å². The van der Waals surface area contributed by atoms with Crippen LogP contribution in [0.4, 0.5) is 5.69 Å². The Kier molecular flexibility index (Phi) is 3.47. The summed E-state index contributed by atoms with van der Waals surface area (Å²) in [4.78, 5) is 4.49. The predicted molar refractivity (Wildman–Crippen MR) is 76.0 cm³/mol. The highest BCUT2D eigenvalue weighted by Crippen LogP contribution is 2.25. The summed E-state index contributed by atoms with van der Waals surface area (Å²) in [6.45, 7) is 6.19. The first-order valence-corrected chi connectivity index (χ1v) is 5.98. The SMILES string of the molecule is Cc1cc(C)c(/N=C/c2ccccc2O)c(C)c1. The van der Waals surface area contributed by atoms with Gasteiger partial charge in [0, 0.05) is 11.8 Å². The molecule has 2 nitrogen and oxygen atoms in total. The first kappa shape index (κ1) is 12.4. The molecule has 0 aromatic heterocycles. The number of para-hydroxylation sites is 1. The molecule has 0 fully saturated rings. The van der Waals surface area contributed by atoms with Gasteiger partial charge in [-0.25, -0.2) is 0 Å². The molecular weight excluding hydrogens is 222 g/mol. The number of phenols is 1. The van der Waals surface area contributed by atoms with E-state index in [1.54, 1.807) is 18.3 Å². The number of phenolic OH excluding ortho intramolecular Hbond substituents is 1. The number of benzene rings is 2. The zero-order valence-electron chi connectivity index (χ0n) is 10.9. The predicted octanol–water partition coefficient (Wildman–Crippen LogP) is 4.07. The molecule has 0 heterocycles. The minimum absolute atomic E-state index is 0.253. The van der Waals surface area contributed by atoms with Crippen molar-refractivity contribution in [2.24, 2.45) is 4.99 Å². The van der Waals surface area contributed by atoms with Gasteiger partial charge in [0.1, 0.15) is 5.75 Å². The number of aliphatic imine (C=N–C) groups is 1. The van der Waals surface area contributed by atoms with Crippen LogP contribution in [-0.4, -0.2) is 11.3 Å². The van der Waals surface area contributed by atoms with Crippen LogP contribution < -0.4 is 0 Å². The Hall–Kier alpha value is -2.09. The third-order valence-electron chi connectivity index (χ3n) is 2.90. The number of hydrogen-bond acceptors (Lipinski definition) is 2. The maximum atomic E-state index is 9.68. The van der Waals surface area contributed by atoms with Crippen molar-refractivity contribution in [3.05, 3.63) is 58.7 Å². The number of rotatable bonds is 2. The molecule has 2 aromatic carbocycles. The molecule has 0 saturated heterocycles. The number of nitrogens with zero attached hydrogens (tertiary/aromatic N) is 1. The Morgan fingerprint density at radius 1 is 1.00 bits per heavy atom. The molecule has 0 aliphatic rings. The zero-order valence-corrected chi connectivity index (χ0v) is 10.9. The van der Waals surface area contributed by atoms with Gasteiger partial charge in [-0.3, -0.25) is 4.99 Å². The van der Waals surface area contributed by atoms with Crippen molar-refractivity contribution in [3.63, 3.8) is 0 Å². The van der Waals surface area contributed by atoms with Crippen LogP contribution in [0.25, 0.3) is 0 Å². The molecule has 2 rings (SSSR count). The van der Waals surface area contributed by atoms with E-state index in [2.05, 4.69) is 37.9 Å². The lowest BCUT2D eigenvalue weighted by Crippen LogP contribution is -1.86. The van der Waals surface area contributed by atoms with E-state index >= 15 is 0 Å². The smallest absolute Gasteiger partial charge is 0.124 e. The lowest BCUT2D eigenvalue weighted by molar-refractivity contribution is 0.474. The molecule has 18 heavy (non-hydrogen) atoms. The van der Waals surface area contributed by atoms with Crippen LogP contribution in [0.1, 0.15) is 22.3 Å². The van der Waals surface area contributed by atoms with E-state index in [-0.39, 0.29) is 5.75 Å². The molecule has 0 bridgehead atoms. The van der Waals surface area contributed by atoms with Crippen LogP contribution in [0, 0.1) is 20.8 Å². The van der Waals surface area contributed by atoms with Crippen LogP contribution in [0.5, 0.6) is 5.75 Å². The van der Waals surface area contributed by atoms with Gasteiger partial charge in [-0.15, -0.1) is 0 Å². The molecule has 0 aliphatic heterocycles. The Labute approximate surface area is 108 Å². The summed E-state index contributed by atoms with van der Waals surface area (Å²) in [6.07, 6.45) is 1.71. The second-order valence-electron chi connectivity index (χ2n) is 4.56. The fourth-order valence-electron chi connectivity index (χ4n) is 2.11. The molecule has 1 N–H and O–H groups in total. The van der Waals surface area contributed by atoms with E-state index in [0.29, 0.717) is 0 Å². The molecule has 0 radical (unpaired) electrons. The summed E-state index contributed by atoms with van der Waals surface area (Å²) in [7, 11) is 0. The molecular formula is C16H17NO. The summed E-state index contributed by atoms with van der Waals surface area (Å²) < 4.78 is 0. The monoisotopic (exact) mass is 239 g/mol. The summed E-state index contributed by atoms with van der Waals surface area (Å²) in [5.41, 5.74) is 5.26. The Morgan fingerprint density at radius 3 is 2.22 bits per heavy atom. The fourth-order valence-corrected chi connectivity index (χ4v) is 2.11. The quantitative estimate of drug-likeness (QED) is 0.787. The van der Waals surface area contributed by atoms with Crippen molar-refractivity contribution in [1.82, 2.24) is 0 Å². The standard InChI is InChI=1S/C16H17NO/c1-11-8-12(2)16(13(3)9-11)17-10-14-6-4-5-7-15(14)18/h4-10,18H,1-3H3/b17-10+. The molecule has 2 aromatic rings. The molecule has 92 valence electrons. The topological polar surface area (TPSA) is 32.6 Å². The fraction of sp³-hybridized carbons (Fsp3) is 0.188.